The Morgan fingerprint density at radius 3 is 2.84 bits per heavy atom. The highest BCUT2D eigenvalue weighted by Gasteiger charge is 2.27. The lowest BCUT2D eigenvalue weighted by Gasteiger charge is -2.34. The molecular formula is C16H23NO2. The van der Waals surface area contributed by atoms with Crippen LogP contribution in [0.15, 0.2) is 22.6 Å². The summed E-state index contributed by atoms with van der Waals surface area (Å²) in [6, 6.07) is 4.06. The van der Waals surface area contributed by atoms with Crippen LogP contribution in [0.3, 0.4) is 0 Å². The summed E-state index contributed by atoms with van der Waals surface area (Å²) >= 11 is 0. The van der Waals surface area contributed by atoms with Gasteiger partial charge in [0, 0.05) is 12.1 Å². The Kier molecular flexibility index (Phi) is 4.46. The van der Waals surface area contributed by atoms with E-state index in [1.807, 2.05) is 19.1 Å². The van der Waals surface area contributed by atoms with Crippen molar-refractivity contribution in [2.24, 2.45) is 11.8 Å². The summed E-state index contributed by atoms with van der Waals surface area (Å²) in [6.45, 7) is 6.39. The minimum absolute atomic E-state index is 0.0278. The van der Waals surface area contributed by atoms with Gasteiger partial charge in [0.05, 0.1) is 0 Å². The van der Waals surface area contributed by atoms with Crippen molar-refractivity contribution in [1.82, 2.24) is 5.32 Å². The van der Waals surface area contributed by atoms with Crippen molar-refractivity contribution in [2.45, 2.75) is 46.1 Å². The molecule has 1 aromatic heterocycles. The van der Waals surface area contributed by atoms with Gasteiger partial charge in [-0.15, -0.1) is 0 Å². The first kappa shape index (κ1) is 13.9. The molecule has 3 heteroatoms. The highest BCUT2D eigenvalue weighted by atomic mass is 16.3. The lowest BCUT2D eigenvalue weighted by molar-refractivity contribution is -0.117. The smallest absolute Gasteiger partial charge is 0.244 e. The highest BCUT2D eigenvalue weighted by molar-refractivity contribution is 5.91. The van der Waals surface area contributed by atoms with Gasteiger partial charge >= 0.3 is 0 Å². The normalized spacial score (nSPS) is 27.6. The number of nitrogens with one attached hydrogen (secondary N) is 1. The molecule has 0 bridgehead atoms. The first-order valence-corrected chi connectivity index (χ1v) is 7.11. The zero-order valence-corrected chi connectivity index (χ0v) is 12.0. The molecule has 1 heterocycles. The number of hydrogen-bond donors (Lipinski definition) is 1. The van der Waals surface area contributed by atoms with E-state index in [0.29, 0.717) is 17.9 Å². The molecule has 0 spiro atoms. The minimum Gasteiger partial charge on any atom is -0.462 e. The molecule has 3 nitrogen and oxygen atoms in total. The number of amides is 1. The van der Waals surface area contributed by atoms with Crippen LogP contribution in [-0.4, -0.2) is 11.9 Å². The Balaban J connectivity index is 1.88. The second-order valence-corrected chi connectivity index (χ2v) is 5.66. The third-order valence-electron chi connectivity index (χ3n) is 4.19. The Morgan fingerprint density at radius 2 is 2.16 bits per heavy atom. The van der Waals surface area contributed by atoms with Crippen molar-refractivity contribution in [3.8, 4) is 0 Å². The van der Waals surface area contributed by atoms with Gasteiger partial charge in [0.25, 0.3) is 0 Å². The van der Waals surface area contributed by atoms with Crippen LogP contribution < -0.4 is 5.32 Å². The lowest BCUT2D eigenvalue weighted by Crippen LogP contribution is -2.43. The maximum Gasteiger partial charge on any atom is 0.244 e. The first-order chi connectivity index (χ1) is 9.06. The summed E-state index contributed by atoms with van der Waals surface area (Å²) in [6.07, 6.45) is 6.85. The van der Waals surface area contributed by atoms with Crippen LogP contribution in [0.2, 0.25) is 0 Å². The average Bonchev–Trinajstić information content (AvgIpc) is 2.78. The summed E-state index contributed by atoms with van der Waals surface area (Å²) in [5.41, 5.74) is 0. The topological polar surface area (TPSA) is 42.2 Å². The Labute approximate surface area is 115 Å². The Morgan fingerprint density at radius 1 is 1.37 bits per heavy atom. The molecule has 1 amide bonds. The molecule has 3 atom stereocenters. The van der Waals surface area contributed by atoms with E-state index in [0.717, 1.165) is 17.9 Å². The molecule has 0 aliphatic heterocycles. The molecule has 19 heavy (non-hydrogen) atoms. The number of aryl methyl sites for hydroxylation is 1. The Bertz CT molecular complexity index is 461. The van der Waals surface area contributed by atoms with E-state index in [-0.39, 0.29) is 5.91 Å². The highest BCUT2D eigenvalue weighted by Crippen LogP contribution is 2.29. The van der Waals surface area contributed by atoms with Gasteiger partial charge in [-0.2, -0.15) is 0 Å². The van der Waals surface area contributed by atoms with Crippen LogP contribution >= 0.6 is 0 Å². The van der Waals surface area contributed by atoms with E-state index >= 15 is 0 Å². The van der Waals surface area contributed by atoms with Crippen LogP contribution in [0.5, 0.6) is 0 Å². The molecule has 1 aromatic rings. The predicted octanol–water partition coefficient (Wildman–Crippen LogP) is 3.54. The van der Waals surface area contributed by atoms with Gasteiger partial charge in [0.15, 0.2) is 0 Å². The van der Waals surface area contributed by atoms with E-state index in [1.54, 1.807) is 12.2 Å². The summed E-state index contributed by atoms with van der Waals surface area (Å²) in [5, 5.41) is 3.11. The third kappa shape index (κ3) is 3.72. The molecule has 1 N–H and O–H groups in total. The van der Waals surface area contributed by atoms with Gasteiger partial charge in [-0.25, -0.2) is 0 Å². The van der Waals surface area contributed by atoms with Crippen LogP contribution in [0.4, 0.5) is 0 Å². The van der Waals surface area contributed by atoms with Crippen LogP contribution in [0, 0.1) is 18.8 Å². The van der Waals surface area contributed by atoms with Gasteiger partial charge in [-0.05, 0) is 43.4 Å². The monoisotopic (exact) mass is 261 g/mol. The lowest BCUT2D eigenvalue weighted by atomic mass is 9.78. The van der Waals surface area contributed by atoms with Gasteiger partial charge in [0.1, 0.15) is 11.5 Å². The number of carbonyl (C=O) groups excluding carboxylic acids is 1. The fraction of sp³-hybridized carbons (Fsp3) is 0.562. The molecule has 1 saturated carbocycles. The molecule has 1 fully saturated rings. The number of furan rings is 1. The second kappa shape index (κ2) is 6.09. The zero-order valence-electron chi connectivity index (χ0n) is 12.0. The van der Waals surface area contributed by atoms with Gasteiger partial charge in [0.2, 0.25) is 5.91 Å². The molecule has 1 aliphatic carbocycles. The summed E-state index contributed by atoms with van der Waals surface area (Å²) in [5.74, 6) is 2.79. The molecule has 3 unspecified atom stereocenters. The molecular weight excluding hydrogens is 238 g/mol. The van der Waals surface area contributed by atoms with Gasteiger partial charge in [-0.3, -0.25) is 4.79 Å². The quantitative estimate of drug-likeness (QED) is 0.846. The van der Waals surface area contributed by atoms with Gasteiger partial charge < -0.3 is 9.73 Å². The van der Waals surface area contributed by atoms with Crippen molar-refractivity contribution in [1.29, 1.82) is 0 Å². The maximum absolute atomic E-state index is 11.9. The summed E-state index contributed by atoms with van der Waals surface area (Å²) < 4.78 is 5.40. The SMILES string of the molecule is Cc1ccc(/C=C/C(=O)NC2CCCC(C)C2C)o1. The van der Waals surface area contributed by atoms with E-state index in [9.17, 15) is 4.79 Å². The molecule has 0 aromatic carbocycles. The summed E-state index contributed by atoms with van der Waals surface area (Å²) in [4.78, 5) is 11.9. The van der Waals surface area contributed by atoms with Crippen molar-refractivity contribution in [2.75, 3.05) is 0 Å². The third-order valence-corrected chi connectivity index (χ3v) is 4.19. The van der Waals surface area contributed by atoms with Gasteiger partial charge in [-0.1, -0.05) is 26.7 Å². The average molecular weight is 261 g/mol. The van der Waals surface area contributed by atoms with Crippen LogP contribution in [0.25, 0.3) is 6.08 Å². The van der Waals surface area contributed by atoms with E-state index in [1.165, 1.54) is 12.8 Å². The minimum atomic E-state index is -0.0278. The maximum atomic E-state index is 11.9. The standard InChI is InChI=1S/C16H23NO2/c1-11-5-4-6-15(13(11)3)17-16(18)10-9-14-8-7-12(2)19-14/h7-11,13,15H,4-6H2,1-3H3,(H,17,18)/b10-9+. The van der Waals surface area contributed by atoms with Crippen LogP contribution in [0.1, 0.15) is 44.6 Å². The number of carbonyl (C=O) groups is 1. The predicted molar refractivity (Wildman–Crippen MR) is 76.6 cm³/mol. The number of rotatable bonds is 3. The Hall–Kier alpha value is -1.51. The van der Waals surface area contributed by atoms with Crippen molar-refractivity contribution in [3.63, 3.8) is 0 Å². The van der Waals surface area contributed by atoms with E-state index in [4.69, 9.17) is 4.42 Å². The molecule has 2 rings (SSSR count). The number of hydrogen-bond acceptors (Lipinski definition) is 2. The molecule has 0 saturated heterocycles. The molecule has 1 aliphatic rings. The largest absolute Gasteiger partial charge is 0.462 e. The summed E-state index contributed by atoms with van der Waals surface area (Å²) in [7, 11) is 0. The molecule has 0 radical (unpaired) electrons. The van der Waals surface area contributed by atoms with Crippen LogP contribution in [-0.2, 0) is 4.79 Å². The zero-order chi connectivity index (χ0) is 13.8. The fourth-order valence-corrected chi connectivity index (χ4v) is 2.72. The molecule has 104 valence electrons. The fourth-order valence-electron chi connectivity index (χ4n) is 2.72. The van der Waals surface area contributed by atoms with E-state index < -0.39 is 0 Å². The first-order valence-electron chi connectivity index (χ1n) is 7.11. The van der Waals surface area contributed by atoms with Crippen molar-refractivity contribution < 1.29 is 9.21 Å². The van der Waals surface area contributed by atoms with E-state index in [2.05, 4.69) is 19.2 Å². The van der Waals surface area contributed by atoms with Crippen molar-refractivity contribution >= 4 is 12.0 Å². The second-order valence-electron chi connectivity index (χ2n) is 5.66. The van der Waals surface area contributed by atoms with Crippen molar-refractivity contribution in [3.05, 3.63) is 29.7 Å².